The first-order valence-electron chi connectivity index (χ1n) is 11.1. The number of Topliss-reactive ketones (excluding diaryl/α,β-unsaturated/α-hetero) is 1. The summed E-state index contributed by atoms with van der Waals surface area (Å²) in [6, 6.07) is 19.2. The zero-order valence-electron chi connectivity index (χ0n) is 20.1. The maximum absolute atomic E-state index is 12.0. The van der Waals surface area contributed by atoms with Crippen LogP contribution in [0.2, 0.25) is 0 Å². The molecule has 2 bridgehead atoms. The number of hydrogen-bond acceptors (Lipinski definition) is 5. The van der Waals surface area contributed by atoms with Gasteiger partial charge in [0.25, 0.3) is 0 Å². The maximum Gasteiger partial charge on any atom is 0.357 e. The molecule has 2 aromatic carbocycles. The molecule has 4 rings (SSSR count). The number of ketones is 1. The fraction of sp³-hybridized carbons (Fsp3) is 0.500. The van der Waals surface area contributed by atoms with Crippen LogP contribution in [0.15, 0.2) is 54.6 Å². The molecule has 180 valence electrons. The molecule has 0 aromatic heterocycles. The van der Waals surface area contributed by atoms with E-state index in [0.717, 1.165) is 5.75 Å². The molecule has 2 fully saturated rings. The van der Waals surface area contributed by atoms with E-state index in [-0.39, 0.29) is 43.9 Å². The second kappa shape index (κ2) is 9.30. The Morgan fingerprint density at radius 3 is 1.94 bits per heavy atom. The third kappa shape index (κ3) is 5.62. The minimum Gasteiger partial charge on any atom is -0.747 e. The lowest BCUT2D eigenvalue weighted by Gasteiger charge is -2.32. The second-order valence-electron chi connectivity index (χ2n) is 10.5. The predicted octanol–water partition coefficient (Wildman–Crippen LogP) is 1.92. The molecule has 0 aliphatic heterocycles. The van der Waals surface area contributed by atoms with Crippen LogP contribution in [0.3, 0.4) is 0 Å². The molecule has 2 saturated carbocycles. The van der Waals surface area contributed by atoms with Crippen LogP contribution in [0.5, 0.6) is 5.75 Å². The summed E-state index contributed by atoms with van der Waals surface area (Å²) in [6.07, 6.45) is 1.37. The molecular formula is C26H33IO5S. The van der Waals surface area contributed by atoms with Crippen LogP contribution in [-0.2, 0) is 14.9 Å². The molecule has 33 heavy (non-hydrogen) atoms. The number of carbonyl (C=O) groups excluding carboxylic acids is 1. The van der Waals surface area contributed by atoms with Gasteiger partial charge in [-0.25, -0.2) is 8.42 Å². The zero-order chi connectivity index (χ0) is 24.7. The summed E-state index contributed by atoms with van der Waals surface area (Å²) in [7, 11) is -4.49. The van der Waals surface area contributed by atoms with Gasteiger partial charge in [0.1, 0.15) is 26.7 Å². The molecule has 2 aromatic rings. The van der Waals surface area contributed by atoms with Crippen molar-refractivity contribution in [3.8, 4) is 5.75 Å². The fourth-order valence-electron chi connectivity index (χ4n) is 4.86. The Kier molecular flexibility index (Phi) is 7.37. The van der Waals surface area contributed by atoms with Gasteiger partial charge < -0.3 is 9.29 Å². The van der Waals surface area contributed by atoms with Crippen LogP contribution in [-0.4, -0.2) is 29.6 Å². The van der Waals surface area contributed by atoms with E-state index >= 15 is 0 Å². The van der Waals surface area contributed by atoms with Crippen molar-refractivity contribution in [1.29, 1.82) is 0 Å². The van der Waals surface area contributed by atoms with Gasteiger partial charge in [0, 0.05) is 5.41 Å². The number of carbonyl (C=O) groups is 1. The van der Waals surface area contributed by atoms with E-state index in [2.05, 4.69) is 75.4 Å². The van der Waals surface area contributed by atoms with Gasteiger partial charge in [-0.2, -0.15) is 0 Å². The summed E-state index contributed by atoms with van der Waals surface area (Å²) >= 11 is -0.0737. The van der Waals surface area contributed by atoms with E-state index < -0.39 is 20.8 Å². The Morgan fingerprint density at radius 2 is 1.52 bits per heavy atom. The largest absolute Gasteiger partial charge is 0.747 e. The van der Waals surface area contributed by atoms with E-state index in [0.29, 0.717) is 12.8 Å². The molecule has 0 N–H and O–H groups in total. The van der Waals surface area contributed by atoms with Gasteiger partial charge in [-0.05, 0) is 81.3 Å². The molecular weight excluding hydrogens is 551 g/mol. The van der Waals surface area contributed by atoms with Crippen LogP contribution >= 0.6 is 0 Å². The Bertz CT molecular complexity index is 1090. The van der Waals surface area contributed by atoms with E-state index in [1.807, 2.05) is 13.8 Å². The maximum atomic E-state index is 12.0. The van der Waals surface area contributed by atoms with Crippen LogP contribution < -0.4 is 25.9 Å². The lowest BCUT2D eigenvalue weighted by atomic mass is 9.70. The normalized spacial score (nSPS) is 26.0. The topological polar surface area (TPSA) is 83.5 Å². The van der Waals surface area contributed by atoms with Gasteiger partial charge in [0.15, 0.2) is 12.9 Å². The number of benzene rings is 2. The van der Waals surface area contributed by atoms with Crippen LogP contribution in [0.4, 0.5) is 0 Å². The van der Waals surface area contributed by atoms with Gasteiger partial charge >= 0.3 is 21.2 Å². The smallest absolute Gasteiger partial charge is 0.357 e. The summed E-state index contributed by atoms with van der Waals surface area (Å²) in [5.41, 5.74) is -1.12. The van der Waals surface area contributed by atoms with E-state index in [1.54, 1.807) is 6.92 Å². The van der Waals surface area contributed by atoms with Gasteiger partial charge in [-0.3, -0.25) is 4.79 Å². The number of ether oxygens (including phenoxy) is 1. The van der Waals surface area contributed by atoms with Crippen molar-refractivity contribution in [2.45, 2.75) is 65.2 Å². The molecule has 7 heteroatoms. The SMILES string of the molecule is CC(C)(C)Oc1ccc([I+]c2ccccc2)cc1.CC12CCC(C(S(=O)(=O)[O-])C1=O)C2(C)C. The van der Waals surface area contributed by atoms with Crippen molar-refractivity contribution in [3.63, 3.8) is 0 Å². The summed E-state index contributed by atoms with van der Waals surface area (Å²) in [6.45, 7) is 11.8. The van der Waals surface area contributed by atoms with Gasteiger partial charge in [0.2, 0.25) is 0 Å². The number of fused-ring (bicyclic) bond motifs is 2. The van der Waals surface area contributed by atoms with Crippen molar-refractivity contribution in [1.82, 2.24) is 0 Å². The standard InChI is InChI=1S/C16H18IO.C10H16O4S/c1-16(2,3)18-15-11-9-14(10-12-15)17-13-7-5-4-6-8-13;1-9(2)6-4-5-10(9,3)8(11)7(6)15(12,13)14/h4-12H,1-3H3;6-7H,4-5H2,1-3H3,(H,12,13,14)/q+1;/p-1. The number of hydrogen-bond donors (Lipinski definition) is 0. The minimum absolute atomic E-state index is 0.0737. The predicted molar refractivity (Wildman–Crippen MR) is 124 cm³/mol. The molecule has 3 atom stereocenters. The van der Waals surface area contributed by atoms with Crippen LogP contribution in [0, 0.1) is 23.9 Å². The third-order valence-electron chi connectivity index (χ3n) is 6.97. The number of halogens is 1. The summed E-state index contributed by atoms with van der Waals surface area (Å²) in [5, 5.41) is -1.30. The lowest BCUT2D eigenvalue weighted by Crippen LogP contribution is -3.61. The summed E-state index contributed by atoms with van der Waals surface area (Å²) in [4.78, 5) is 12.0. The van der Waals surface area contributed by atoms with Gasteiger partial charge in [-0.15, -0.1) is 0 Å². The van der Waals surface area contributed by atoms with Crippen LogP contribution in [0.25, 0.3) is 0 Å². The Morgan fingerprint density at radius 1 is 0.970 bits per heavy atom. The molecule has 0 spiro atoms. The Labute approximate surface area is 208 Å². The van der Waals surface area contributed by atoms with E-state index in [1.165, 1.54) is 7.14 Å². The molecule has 0 heterocycles. The first-order chi connectivity index (χ1) is 15.1. The highest BCUT2D eigenvalue weighted by atomic mass is 127. The Hall–Kier alpha value is -1.45. The minimum atomic E-state index is -4.49. The quantitative estimate of drug-likeness (QED) is 0.405. The van der Waals surface area contributed by atoms with Crippen molar-refractivity contribution in [3.05, 3.63) is 61.7 Å². The molecule has 3 unspecified atom stereocenters. The van der Waals surface area contributed by atoms with Crippen molar-refractivity contribution in [2.24, 2.45) is 16.7 Å². The average molecular weight is 585 g/mol. The highest BCUT2D eigenvalue weighted by Crippen LogP contribution is 2.64. The highest BCUT2D eigenvalue weighted by Gasteiger charge is 2.67. The summed E-state index contributed by atoms with van der Waals surface area (Å²) in [5.74, 6) is 0.291. The number of rotatable bonds is 4. The fourth-order valence-corrected chi connectivity index (χ4v) is 8.47. The lowest BCUT2D eigenvalue weighted by molar-refractivity contribution is -0.597. The van der Waals surface area contributed by atoms with Crippen molar-refractivity contribution in [2.75, 3.05) is 0 Å². The average Bonchev–Trinajstić information content (AvgIpc) is 3.01. The molecule has 0 saturated heterocycles. The van der Waals surface area contributed by atoms with Gasteiger partial charge in [-0.1, -0.05) is 39.0 Å². The molecule has 2 aliphatic carbocycles. The first kappa shape index (κ1) is 26.2. The molecule has 0 amide bonds. The molecule has 2 aliphatic rings. The monoisotopic (exact) mass is 584 g/mol. The first-order valence-corrected chi connectivity index (χ1v) is 14.8. The third-order valence-corrected chi connectivity index (χ3v) is 10.8. The molecule has 0 radical (unpaired) electrons. The van der Waals surface area contributed by atoms with Gasteiger partial charge in [0.05, 0.1) is 0 Å². The van der Waals surface area contributed by atoms with E-state index in [4.69, 9.17) is 4.74 Å². The Balaban J connectivity index is 0.000000189. The van der Waals surface area contributed by atoms with Crippen molar-refractivity contribution < 1.29 is 43.7 Å². The molecule has 5 nitrogen and oxygen atoms in total. The second-order valence-corrected chi connectivity index (χ2v) is 15.1. The zero-order valence-corrected chi connectivity index (χ0v) is 23.1. The van der Waals surface area contributed by atoms with Crippen LogP contribution in [0.1, 0.15) is 54.4 Å². The van der Waals surface area contributed by atoms with E-state index in [9.17, 15) is 17.8 Å². The summed E-state index contributed by atoms with van der Waals surface area (Å²) < 4.78 is 41.9. The highest BCUT2D eigenvalue weighted by molar-refractivity contribution is 7.87. The van der Waals surface area contributed by atoms with Crippen molar-refractivity contribution >= 4 is 15.9 Å².